The molecule has 4 nitrogen and oxygen atoms in total. The first-order valence-corrected chi connectivity index (χ1v) is 11.1. The number of nitrogens with zero attached hydrogens (tertiary/aromatic N) is 1. The summed E-state index contributed by atoms with van der Waals surface area (Å²) in [5.74, 6) is 1.30. The van der Waals surface area contributed by atoms with Gasteiger partial charge in [0.25, 0.3) is 0 Å². The Bertz CT molecular complexity index is 984. The molecule has 4 heteroatoms. The van der Waals surface area contributed by atoms with E-state index in [1.165, 1.54) is 43.4 Å². The lowest BCUT2D eigenvalue weighted by Crippen LogP contribution is -2.09. The lowest BCUT2D eigenvalue weighted by atomic mass is 9.86. The molecule has 1 unspecified atom stereocenters. The fourth-order valence-electron chi connectivity index (χ4n) is 4.64. The summed E-state index contributed by atoms with van der Waals surface area (Å²) < 4.78 is 0. The number of carboxylic acids is 1. The number of hydrogen-bond acceptors (Lipinski definition) is 2. The Labute approximate surface area is 178 Å². The molecule has 1 heterocycles. The molecule has 1 aliphatic rings. The van der Waals surface area contributed by atoms with Crippen molar-refractivity contribution in [1.82, 2.24) is 9.97 Å². The number of carbonyl (C=O) groups is 1. The first kappa shape index (κ1) is 20.4. The van der Waals surface area contributed by atoms with Crippen molar-refractivity contribution in [1.29, 1.82) is 0 Å². The Morgan fingerprint density at radius 3 is 2.57 bits per heavy atom. The number of imidazole rings is 1. The molecule has 0 bridgehead atoms. The number of H-pyrrole nitrogens is 1. The summed E-state index contributed by atoms with van der Waals surface area (Å²) in [5, 5.41) is 9.43. The zero-order valence-corrected chi connectivity index (χ0v) is 17.6. The summed E-state index contributed by atoms with van der Waals surface area (Å²) in [6, 6.07) is 15.4. The van der Waals surface area contributed by atoms with Gasteiger partial charge in [0.05, 0.1) is 5.56 Å². The van der Waals surface area contributed by atoms with Crippen LogP contribution in [0, 0.1) is 5.92 Å². The van der Waals surface area contributed by atoms with Crippen LogP contribution in [0.25, 0.3) is 11.1 Å². The van der Waals surface area contributed by atoms with E-state index in [0.29, 0.717) is 11.5 Å². The Kier molecular flexibility index (Phi) is 6.32. The molecular formula is C26H30N2O2. The standard InChI is InChI=1S/C26H30N2O2/c1-18(15-25-27-17-22(28-25)16-19-7-3-2-4-8-19)20-11-13-21(14-12-20)23-9-5-6-10-24(23)26(29)30/h5-6,9-14,17-19H,2-4,7-8,15-16H2,1H3,(H,27,28)(H,29,30). The topological polar surface area (TPSA) is 66.0 Å². The zero-order chi connectivity index (χ0) is 20.9. The second kappa shape index (κ2) is 9.29. The number of benzene rings is 2. The van der Waals surface area contributed by atoms with E-state index in [0.717, 1.165) is 35.7 Å². The maximum Gasteiger partial charge on any atom is 0.336 e. The predicted molar refractivity (Wildman–Crippen MR) is 120 cm³/mol. The van der Waals surface area contributed by atoms with Crippen molar-refractivity contribution < 1.29 is 9.90 Å². The van der Waals surface area contributed by atoms with Gasteiger partial charge in [0, 0.05) is 18.3 Å². The van der Waals surface area contributed by atoms with Crippen LogP contribution >= 0.6 is 0 Å². The van der Waals surface area contributed by atoms with Crippen molar-refractivity contribution in [2.45, 2.75) is 57.8 Å². The first-order chi connectivity index (χ1) is 14.6. The Balaban J connectivity index is 1.41. The third kappa shape index (κ3) is 4.81. The Hall–Kier alpha value is -2.88. The molecule has 1 fully saturated rings. The van der Waals surface area contributed by atoms with E-state index in [2.05, 4.69) is 29.0 Å². The van der Waals surface area contributed by atoms with Gasteiger partial charge in [0.1, 0.15) is 5.82 Å². The van der Waals surface area contributed by atoms with Gasteiger partial charge in [-0.05, 0) is 41.0 Å². The highest BCUT2D eigenvalue weighted by Gasteiger charge is 2.16. The van der Waals surface area contributed by atoms with Crippen molar-refractivity contribution in [2.75, 3.05) is 0 Å². The maximum absolute atomic E-state index is 11.5. The molecule has 0 aliphatic heterocycles. The van der Waals surface area contributed by atoms with E-state index in [-0.39, 0.29) is 0 Å². The van der Waals surface area contributed by atoms with Gasteiger partial charge >= 0.3 is 5.97 Å². The van der Waals surface area contributed by atoms with Crippen molar-refractivity contribution >= 4 is 5.97 Å². The van der Waals surface area contributed by atoms with Gasteiger partial charge in [-0.3, -0.25) is 0 Å². The van der Waals surface area contributed by atoms with Crippen molar-refractivity contribution in [3.63, 3.8) is 0 Å². The van der Waals surface area contributed by atoms with Crippen LogP contribution in [0.3, 0.4) is 0 Å². The van der Waals surface area contributed by atoms with Gasteiger partial charge in [-0.15, -0.1) is 0 Å². The number of hydrogen-bond donors (Lipinski definition) is 2. The minimum absolute atomic E-state index is 0.333. The summed E-state index contributed by atoms with van der Waals surface area (Å²) in [5.41, 5.74) is 4.51. The summed E-state index contributed by atoms with van der Waals surface area (Å²) in [7, 11) is 0. The van der Waals surface area contributed by atoms with Crippen molar-refractivity contribution in [2.24, 2.45) is 5.92 Å². The molecule has 0 spiro atoms. The number of nitrogens with one attached hydrogen (secondary N) is 1. The molecule has 2 N–H and O–H groups in total. The molecule has 30 heavy (non-hydrogen) atoms. The second-order valence-corrected chi connectivity index (χ2v) is 8.64. The van der Waals surface area contributed by atoms with Crippen LogP contribution in [-0.2, 0) is 12.8 Å². The monoisotopic (exact) mass is 402 g/mol. The smallest absolute Gasteiger partial charge is 0.336 e. The van der Waals surface area contributed by atoms with Crippen LogP contribution in [0.15, 0.2) is 54.7 Å². The van der Waals surface area contributed by atoms with Crippen LogP contribution in [0.5, 0.6) is 0 Å². The van der Waals surface area contributed by atoms with Gasteiger partial charge in [-0.1, -0.05) is 81.5 Å². The highest BCUT2D eigenvalue weighted by Crippen LogP contribution is 2.28. The number of aromatic nitrogens is 2. The van der Waals surface area contributed by atoms with E-state index in [9.17, 15) is 9.90 Å². The summed E-state index contributed by atoms with van der Waals surface area (Å²) in [6.45, 7) is 2.21. The van der Waals surface area contributed by atoms with Gasteiger partial charge in [0.15, 0.2) is 0 Å². The van der Waals surface area contributed by atoms with E-state index in [1.807, 2.05) is 30.5 Å². The molecule has 1 aliphatic carbocycles. The molecule has 3 aromatic rings. The average Bonchev–Trinajstić information content (AvgIpc) is 3.21. The summed E-state index contributed by atoms with van der Waals surface area (Å²) >= 11 is 0. The predicted octanol–water partition coefficient (Wildman–Crippen LogP) is 6.24. The fourth-order valence-corrected chi connectivity index (χ4v) is 4.64. The van der Waals surface area contributed by atoms with E-state index < -0.39 is 5.97 Å². The molecule has 0 radical (unpaired) electrons. The molecule has 1 atom stereocenters. The van der Waals surface area contributed by atoms with Crippen molar-refractivity contribution in [3.05, 3.63) is 77.4 Å². The number of aromatic amines is 1. The minimum Gasteiger partial charge on any atom is -0.478 e. The third-order valence-electron chi connectivity index (χ3n) is 6.36. The molecule has 4 rings (SSSR count). The second-order valence-electron chi connectivity index (χ2n) is 8.64. The number of carboxylic acid groups (broad SMARTS) is 1. The Morgan fingerprint density at radius 1 is 1.10 bits per heavy atom. The minimum atomic E-state index is -0.898. The largest absolute Gasteiger partial charge is 0.478 e. The fraction of sp³-hybridized carbons (Fsp3) is 0.385. The van der Waals surface area contributed by atoms with Crippen LogP contribution in [0.4, 0.5) is 0 Å². The molecule has 1 aromatic heterocycles. The first-order valence-electron chi connectivity index (χ1n) is 11.1. The van der Waals surface area contributed by atoms with Crippen LogP contribution in [0.2, 0.25) is 0 Å². The lowest BCUT2D eigenvalue weighted by molar-refractivity contribution is 0.0697. The normalized spacial score (nSPS) is 15.8. The van der Waals surface area contributed by atoms with E-state index in [1.54, 1.807) is 12.1 Å². The van der Waals surface area contributed by atoms with E-state index in [4.69, 9.17) is 0 Å². The van der Waals surface area contributed by atoms with Crippen LogP contribution < -0.4 is 0 Å². The molecule has 0 amide bonds. The van der Waals surface area contributed by atoms with Gasteiger partial charge in [-0.2, -0.15) is 0 Å². The molecular weight excluding hydrogens is 372 g/mol. The molecule has 0 saturated heterocycles. The van der Waals surface area contributed by atoms with E-state index >= 15 is 0 Å². The zero-order valence-electron chi connectivity index (χ0n) is 17.6. The van der Waals surface area contributed by atoms with Gasteiger partial charge < -0.3 is 10.1 Å². The molecule has 156 valence electrons. The summed E-state index contributed by atoms with van der Waals surface area (Å²) in [6.07, 6.45) is 10.8. The highest BCUT2D eigenvalue weighted by molar-refractivity contribution is 5.95. The number of aromatic carboxylic acids is 1. The maximum atomic E-state index is 11.5. The van der Waals surface area contributed by atoms with Gasteiger partial charge in [0.2, 0.25) is 0 Å². The molecule has 1 saturated carbocycles. The van der Waals surface area contributed by atoms with Gasteiger partial charge in [-0.25, -0.2) is 9.78 Å². The Morgan fingerprint density at radius 2 is 1.83 bits per heavy atom. The SMILES string of the molecule is CC(Cc1ncc(CC2CCCCC2)[nH]1)c1ccc(-c2ccccc2C(=O)O)cc1. The quantitative estimate of drug-likeness (QED) is 0.491. The molecule has 2 aromatic carbocycles. The van der Waals surface area contributed by atoms with Crippen LogP contribution in [0.1, 0.15) is 72.4 Å². The van der Waals surface area contributed by atoms with Crippen LogP contribution in [-0.4, -0.2) is 21.0 Å². The van der Waals surface area contributed by atoms with Crippen molar-refractivity contribution in [3.8, 4) is 11.1 Å². The number of rotatable bonds is 7. The highest BCUT2D eigenvalue weighted by atomic mass is 16.4. The lowest BCUT2D eigenvalue weighted by Gasteiger charge is -2.20. The summed E-state index contributed by atoms with van der Waals surface area (Å²) in [4.78, 5) is 19.7. The third-order valence-corrected chi connectivity index (χ3v) is 6.36. The average molecular weight is 403 g/mol.